The second-order valence-corrected chi connectivity index (χ2v) is 6.46. The van der Waals surface area contributed by atoms with Crippen molar-refractivity contribution in [2.24, 2.45) is 0 Å². The average Bonchev–Trinajstić information content (AvgIpc) is 3.17. The van der Waals surface area contributed by atoms with E-state index in [1.165, 1.54) is 0 Å². The van der Waals surface area contributed by atoms with Crippen molar-refractivity contribution in [2.75, 3.05) is 6.54 Å². The number of benzene rings is 2. The number of nitrogens with zero attached hydrogens (tertiary/aromatic N) is 3. The fraction of sp³-hybridized carbons (Fsp3) is 0.227. The van der Waals surface area contributed by atoms with Crippen LogP contribution >= 0.6 is 0 Å². The topological polar surface area (TPSA) is 68.5 Å². The molecule has 1 amide bonds. The molecule has 3 aromatic rings. The molecule has 0 N–H and O–H groups in total. The summed E-state index contributed by atoms with van der Waals surface area (Å²) < 4.78 is 11.1. The highest BCUT2D eigenvalue weighted by Gasteiger charge is 2.23. The van der Waals surface area contributed by atoms with Gasteiger partial charge in [-0.05, 0) is 26.0 Å². The zero-order valence-corrected chi connectivity index (χ0v) is 16.0. The molecule has 0 saturated heterocycles. The van der Waals surface area contributed by atoms with Crippen molar-refractivity contribution >= 4 is 5.91 Å². The van der Waals surface area contributed by atoms with Crippen LogP contribution in [0.4, 0.5) is 0 Å². The van der Waals surface area contributed by atoms with Gasteiger partial charge < -0.3 is 14.2 Å². The van der Waals surface area contributed by atoms with Gasteiger partial charge in [-0.15, -0.1) is 6.58 Å². The van der Waals surface area contributed by atoms with Gasteiger partial charge in [-0.25, -0.2) is 0 Å². The van der Waals surface area contributed by atoms with Gasteiger partial charge in [-0.1, -0.05) is 59.3 Å². The van der Waals surface area contributed by atoms with E-state index >= 15 is 0 Å². The molecule has 0 aliphatic heterocycles. The summed E-state index contributed by atoms with van der Waals surface area (Å²) in [6.45, 7) is 8.00. The molecule has 28 heavy (non-hydrogen) atoms. The van der Waals surface area contributed by atoms with Crippen LogP contribution in [-0.4, -0.2) is 33.6 Å². The molecule has 0 spiro atoms. The van der Waals surface area contributed by atoms with Crippen molar-refractivity contribution in [3.63, 3.8) is 0 Å². The summed E-state index contributed by atoms with van der Waals surface area (Å²) >= 11 is 0. The quantitative estimate of drug-likeness (QED) is 0.555. The summed E-state index contributed by atoms with van der Waals surface area (Å²) in [6.07, 6.45) is 1.01. The van der Waals surface area contributed by atoms with Gasteiger partial charge in [-0.3, -0.25) is 4.79 Å². The largest absolute Gasteiger partial charge is 0.481 e. The Labute approximate surface area is 164 Å². The Morgan fingerprint density at radius 2 is 1.93 bits per heavy atom. The summed E-state index contributed by atoms with van der Waals surface area (Å²) in [4.78, 5) is 18.8. The predicted molar refractivity (Wildman–Crippen MR) is 107 cm³/mol. The molecule has 0 fully saturated rings. The van der Waals surface area contributed by atoms with E-state index in [-0.39, 0.29) is 12.5 Å². The predicted octanol–water partition coefficient (Wildman–Crippen LogP) is 4.03. The molecule has 6 heteroatoms. The highest BCUT2D eigenvalue weighted by molar-refractivity contribution is 5.81. The first-order valence-corrected chi connectivity index (χ1v) is 9.08. The Balaban J connectivity index is 1.69. The van der Waals surface area contributed by atoms with E-state index in [4.69, 9.17) is 9.26 Å². The van der Waals surface area contributed by atoms with Crippen LogP contribution in [0.1, 0.15) is 18.4 Å². The maximum Gasteiger partial charge on any atom is 0.264 e. The third-order valence-corrected chi connectivity index (χ3v) is 4.17. The zero-order chi connectivity index (χ0) is 19.9. The Morgan fingerprint density at radius 3 is 2.61 bits per heavy atom. The lowest BCUT2D eigenvalue weighted by Crippen LogP contribution is -2.40. The third-order valence-electron chi connectivity index (χ3n) is 4.17. The summed E-state index contributed by atoms with van der Waals surface area (Å²) in [6, 6.07) is 17.1. The maximum atomic E-state index is 12.8. The van der Waals surface area contributed by atoms with Gasteiger partial charge in [0, 0.05) is 12.1 Å². The lowest BCUT2D eigenvalue weighted by molar-refractivity contribution is -0.138. The van der Waals surface area contributed by atoms with Gasteiger partial charge >= 0.3 is 0 Å². The van der Waals surface area contributed by atoms with Crippen LogP contribution in [0.25, 0.3) is 11.4 Å². The number of amides is 1. The van der Waals surface area contributed by atoms with Crippen LogP contribution in [0.2, 0.25) is 0 Å². The number of carbonyl (C=O) groups excluding carboxylic acids is 1. The monoisotopic (exact) mass is 377 g/mol. The van der Waals surface area contributed by atoms with Crippen molar-refractivity contribution in [3.05, 3.63) is 78.7 Å². The van der Waals surface area contributed by atoms with E-state index in [2.05, 4.69) is 16.7 Å². The highest BCUT2D eigenvalue weighted by Crippen LogP contribution is 2.18. The molecular formula is C22H23N3O3. The van der Waals surface area contributed by atoms with E-state index in [9.17, 15) is 4.79 Å². The number of ether oxygens (including phenoxy) is 1. The third kappa shape index (κ3) is 4.85. The Hall–Kier alpha value is -3.41. The van der Waals surface area contributed by atoms with E-state index < -0.39 is 6.10 Å². The molecule has 0 radical (unpaired) electrons. The molecule has 0 bridgehead atoms. The van der Waals surface area contributed by atoms with Crippen molar-refractivity contribution in [1.29, 1.82) is 0 Å². The number of carbonyl (C=O) groups is 1. The van der Waals surface area contributed by atoms with Gasteiger partial charge in [0.1, 0.15) is 12.3 Å². The summed E-state index contributed by atoms with van der Waals surface area (Å²) in [7, 11) is 0. The molecule has 3 rings (SSSR count). The van der Waals surface area contributed by atoms with E-state index in [0.717, 1.165) is 11.1 Å². The van der Waals surface area contributed by atoms with Crippen molar-refractivity contribution in [2.45, 2.75) is 26.5 Å². The Morgan fingerprint density at radius 1 is 1.21 bits per heavy atom. The van der Waals surface area contributed by atoms with Crippen LogP contribution in [0.3, 0.4) is 0 Å². The molecule has 144 valence electrons. The van der Waals surface area contributed by atoms with Crippen LogP contribution in [0.15, 0.2) is 71.8 Å². The first-order valence-electron chi connectivity index (χ1n) is 9.08. The molecule has 1 aromatic heterocycles. The van der Waals surface area contributed by atoms with Gasteiger partial charge in [0.15, 0.2) is 6.10 Å². The van der Waals surface area contributed by atoms with Crippen molar-refractivity contribution in [1.82, 2.24) is 15.0 Å². The molecule has 0 saturated carbocycles. The first-order chi connectivity index (χ1) is 13.6. The minimum atomic E-state index is -0.651. The molecular weight excluding hydrogens is 354 g/mol. The second kappa shape index (κ2) is 8.99. The van der Waals surface area contributed by atoms with E-state index in [1.807, 2.05) is 61.5 Å². The van der Waals surface area contributed by atoms with Gasteiger partial charge in [-0.2, -0.15) is 4.98 Å². The summed E-state index contributed by atoms with van der Waals surface area (Å²) in [5.74, 6) is 1.31. The highest BCUT2D eigenvalue weighted by atomic mass is 16.5. The van der Waals surface area contributed by atoms with Crippen LogP contribution < -0.4 is 4.74 Å². The number of hydrogen-bond donors (Lipinski definition) is 0. The minimum Gasteiger partial charge on any atom is -0.481 e. The number of aromatic nitrogens is 2. The molecule has 0 aliphatic carbocycles. The first kappa shape index (κ1) is 19.4. The minimum absolute atomic E-state index is 0.182. The molecule has 2 aromatic carbocycles. The number of hydrogen-bond acceptors (Lipinski definition) is 5. The molecule has 6 nitrogen and oxygen atoms in total. The van der Waals surface area contributed by atoms with Crippen LogP contribution in [0.5, 0.6) is 5.75 Å². The molecule has 0 aliphatic rings. The van der Waals surface area contributed by atoms with Crippen LogP contribution in [-0.2, 0) is 11.3 Å². The fourth-order valence-corrected chi connectivity index (χ4v) is 2.70. The number of rotatable bonds is 8. The summed E-state index contributed by atoms with van der Waals surface area (Å²) in [5, 5.41) is 4.02. The lowest BCUT2D eigenvalue weighted by Gasteiger charge is -2.23. The van der Waals surface area contributed by atoms with E-state index in [1.54, 1.807) is 17.9 Å². The standard InChI is InChI=1S/C22H23N3O3/c1-4-14-25(22(26)17(3)27-19-8-6-5-7-9-19)15-20-23-21(24-28-20)18-12-10-16(2)11-13-18/h4-13,17H,1,14-15H2,2-3H3/t17-/m0/s1. The molecule has 0 unspecified atom stereocenters. The van der Waals surface area contributed by atoms with Gasteiger partial charge in [0.2, 0.25) is 11.7 Å². The lowest BCUT2D eigenvalue weighted by atomic mass is 10.1. The molecule has 1 heterocycles. The number of para-hydroxylation sites is 1. The summed E-state index contributed by atoms with van der Waals surface area (Å²) in [5.41, 5.74) is 2.02. The van der Waals surface area contributed by atoms with E-state index in [0.29, 0.717) is 24.0 Å². The van der Waals surface area contributed by atoms with Gasteiger partial charge in [0.05, 0.1) is 0 Å². The zero-order valence-electron chi connectivity index (χ0n) is 16.0. The maximum absolute atomic E-state index is 12.8. The number of aryl methyl sites for hydroxylation is 1. The smallest absolute Gasteiger partial charge is 0.264 e. The fourth-order valence-electron chi connectivity index (χ4n) is 2.70. The Bertz CT molecular complexity index is 920. The second-order valence-electron chi connectivity index (χ2n) is 6.46. The van der Waals surface area contributed by atoms with Gasteiger partial charge in [0.25, 0.3) is 5.91 Å². The van der Waals surface area contributed by atoms with Crippen molar-refractivity contribution < 1.29 is 14.1 Å². The Kier molecular flexibility index (Phi) is 6.22. The normalized spacial score (nSPS) is 11.6. The molecule has 1 atom stereocenters. The SMILES string of the molecule is C=CCN(Cc1nc(-c2ccc(C)cc2)no1)C(=O)[C@H](C)Oc1ccccc1. The average molecular weight is 377 g/mol. The van der Waals surface area contributed by atoms with Crippen LogP contribution in [0, 0.1) is 6.92 Å². The van der Waals surface area contributed by atoms with Crippen molar-refractivity contribution in [3.8, 4) is 17.1 Å².